The molecule has 9 heteroatoms. The molecular weight excluding hydrogens is 454 g/mol. The van der Waals surface area contributed by atoms with E-state index < -0.39 is 0 Å². The van der Waals surface area contributed by atoms with E-state index in [1.54, 1.807) is 35.6 Å². The first-order valence-electron chi connectivity index (χ1n) is 10.4. The van der Waals surface area contributed by atoms with Gasteiger partial charge in [-0.3, -0.25) is 4.79 Å². The quantitative estimate of drug-likeness (QED) is 0.310. The number of aryl methyl sites for hydroxylation is 1. The Bertz CT molecular complexity index is 1390. The Morgan fingerprint density at radius 2 is 2.00 bits per heavy atom. The number of nitrogens with one attached hydrogen (secondary N) is 1. The molecule has 0 bridgehead atoms. The van der Waals surface area contributed by atoms with E-state index in [4.69, 9.17) is 4.42 Å². The van der Waals surface area contributed by atoms with Gasteiger partial charge in [0.25, 0.3) is 5.91 Å². The van der Waals surface area contributed by atoms with Crippen LogP contribution >= 0.6 is 23.1 Å². The van der Waals surface area contributed by atoms with Gasteiger partial charge >= 0.3 is 0 Å². The van der Waals surface area contributed by atoms with Crippen LogP contribution in [0.25, 0.3) is 16.7 Å². The molecule has 3 heterocycles. The number of aromatic nitrogens is 4. The highest BCUT2D eigenvalue weighted by atomic mass is 32.2. The van der Waals surface area contributed by atoms with Gasteiger partial charge in [-0.15, -0.1) is 10.2 Å². The number of hydrogen-bond donors (Lipinski definition) is 1. The smallest absolute Gasteiger partial charge is 0.287 e. The van der Waals surface area contributed by atoms with Crippen LogP contribution in [0.2, 0.25) is 0 Å². The third-order valence-electron chi connectivity index (χ3n) is 5.30. The lowest BCUT2D eigenvalue weighted by molar-refractivity contribution is 0.0913. The second-order valence-corrected chi connectivity index (χ2v) is 9.94. The molecule has 0 spiro atoms. The first-order chi connectivity index (χ1) is 16.1. The van der Waals surface area contributed by atoms with Gasteiger partial charge in [0.05, 0.1) is 12.4 Å². The summed E-state index contributed by atoms with van der Waals surface area (Å²) in [7, 11) is 0. The molecule has 166 valence electrons. The minimum atomic E-state index is -0.235. The molecule has 0 fully saturated rings. The number of fused-ring (bicyclic) bond motifs is 1. The fraction of sp³-hybridized carbons (Fsp3) is 0.167. The summed E-state index contributed by atoms with van der Waals surface area (Å²) < 4.78 is 8.80. The second kappa shape index (κ2) is 9.21. The van der Waals surface area contributed by atoms with Crippen LogP contribution in [0.15, 0.2) is 76.0 Å². The van der Waals surface area contributed by atoms with Gasteiger partial charge in [-0.2, -0.15) is 0 Å². The van der Waals surface area contributed by atoms with Gasteiger partial charge in [0, 0.05) is 34.8 Å². The van der Waals surface area contributed by atoms with Crippen molar-refractivity contribution in [2.75, 3.05) is 0 Å². The zero-order valence-corrected chi connectivity index (χ0v) is 19.7. The van der Waals surface area contributed by atoms with Crippen molar-refractivity contribution in [1.82, 2.24) is 25.1 Å². The summed E-state index contributed by atoms with van der Waals surface area (Å²) in [6.07, 6.45) is 5.39. The number of imidazole rings is 1. The summed E-state index contributed by atoms with van der Waals surface area (Å²) in [4.78, 5) is 17.3. The number of nitrogens with zero attached hydrogens (tertiary/aromatic N) is 4. The van der Waals surface area contributed by atoms with Gasteiger partial charge in [0.1, 0.15) is 10.6 Å². The highest BCUT2D eigenvalue weighted by Gasteiger charge is 2.22. The molecule has 5 rings (SSSR count). The Labute approximate surface area is 198 Å². The number of para-hydroxylation sites is 1. The lowest BCUT2D eigenvalue weighted by Gasteiger charge is -2.15. The van der Waals surface area contributed by atoms with Crippen molar-refractivity contribution in [2.45, 2.75) is 30.0 Å². The molecule has 0 aliphatic rings. The molecule has 1 N–H and O–H groups in total. The van der Waals surface area contributed by atoms with Crippen LogP contribution in [0, 0.1) is 6.92 Å². The molecule has 0 radical (unpaired) electrons. The van der Waals surface area contributed by atoms with Crippen molar-refractivity contribution in [3.8, 4) is 5.69 Å². The molecule has 5 aromatic rings. The number of carbonyl (C=O) groups excluding carboxylic acids is 1. The summed E-state index contributed by atoms with van der Waals surface area (Å²) in [6.45, 7) is 3.89. The van der Waals surface area contributed by atoms with Gasteiger partial charge in [-0.1, -0.05) is 53.4 Å². The van der Waals surface area contributed by atoms with Gasteiger partial charge in [-0.05, 0) is 37.6 Å². The topological polar surface area (TPSA) is 85.8 Å². The number of benzene rings is 2. The van der Waals surface area contributed by atoms with Crippen LogP contribution < -0.4 is 5.32 Å². The molecule has 0 aliphatic carbocycles. The molecule has 2 aromatic carbocycles. The molecule has 33 heavy (non-hydrogen) atoms. The average molecular weight is 476 g/mol. The maximum absolute atomic E-state index is 13.2. The molecule has 1 amide bonds. The molecule has 0 saturated heterocycles. The van der Waals surface area contributed by atoms with Crippen molar-refractivity contribution >= 4 is 40.0 Å². The Hall–Kier alpha value is -3.43. The number of rotatable bonds is 7. The summed E-state index contributed by atoms with van der Waals surface area (Å²) in [5.74, 6) is 0.677. The third-order valence-corrected chi connectivity index (χ3v) is 7.29. The Kier molecular flexibility index (Phi) is 5.97. The van der Waals surface area contributed by atoms with E-state index in [1.165, 1.54) is 0 Å². The molecule has 7 nitrogen and oxygen atoms in total. The van der Waals surface area contributed by atoms with Crippen LogP contribution in [0.1, 0.15) is 39.7 Å². The van der Waals surface area contributed by atoms with Crippen LogP contribution in [-0.2, 0) is 5.75 Å². The van der Waals surface area contributed by atoms with Gasteiger partial charge < -0.3 is 14.3 Å². The zero-order chi connectivity index (χ0) is 22.8. The minimum Gasteiger partial charge on any atom is -0.451 e. The van der Waals surface area contributed by atoms with Crippen molar-refractivity contribution in [1.29, 1.82) is 0 Å². The Morgan fingerprint density at radius 3 is 2.73 bits per heavy atom. The Morgan fingerprint density at radius 1 is 1.18 bits per heavy atom. The summed E-state index contributed by atoms with van der Waals surface area (Å²) in [5.41, 5.74) is 3.58. The van der Waals surface area contributed by atoms with E-state index in [1.807, 2.05) is 73.1 Å². The highest BCUT2D eigenvalue weighted by molar-refractivity contribution is 8.00. The average Bonchev–Trinajstić information content (AvgIpc) is 3.58. The monoisotopic (exact) mass is 475 g/mol. The van der Waals surface area contributed by atoms with Crippen LogP contribution in [0.4, 0.5) is 0 Å². The van der Waals surface area contributed by atoms with Crippen LogP contribution in [-0.4, -0.2) is 25.7 Å². The van der Waals surface area contributed by atoms with E-state index in [2.05, 4.69) is 20.5 Å². The van der Waals surface area contributed by atoms with Crippen LogP contribution in [0.5, 0.6) is 0 Å². The standard InChI is InChI=1S/C24H21N5O2S2/c1-15(17-7-9-18(10-8-17)29-12-11-25-14-29)26-23(30)22-20(13-32-24-28-27-16(2)33-24)19-5-3-4-6-21(19)31-22/h3-12,14-15H,13H2,1-2H3,(H,26,30). The lowest BCUT2D eigenvalue weighted by atomic mass is 10.1. The number of thioether (sulfide) groups is 1. The predicted molar refractivity (Wildman–Crippen MR) is 130 cm³/mol. The minimum absolute atomic E-state index is 0.186. The largest absolute Gasteiger partial charge is 0.451 e. The molecular formula is C24H21N5O2S2. The normalized spacial score (nSPS) is 12.2. The third kappa shape index (κ3) is 4.55. The van der Waals surface area contributed by atoms with Gasteiger partial charge in [0.15, 0.2) is 10.1 Å². The number of hydrogen-bond acceptors (Lipinski definition) is 7. The van der Waals surface area contributed by atoms with E-state index in [-0.39, 0.29) is 11.9 Å². The zero-order valence-electron chi connectivity index (χ0n) is 18.1. The molecule has 1 atom stereocenters. The van der Waals surface area contributed by atoms with Crippen LogP contribution in [0.3, 0.4) is 0 Å². The SMILES string of the molecule is Cc1nnc(SCc2c(C(=O)NC(C)c3ccc(-n4ccnc4)cc3)oc3ccccc23)s1. The molecule has 0 aliphatic heterocycles. The lowest BCUT2D eigenvalue weighted by Crippen LogP contribution is -2.27. The van der Waals surface area contributed by atoms with Gasteiger partial charge in [-0.25, -0.2) is 4.98 Å². The van der Waals surface area contributed by atoms with E-state index in [9.17, 15) is 4.79 Å². The number of furan rings is 1. The fourth-order valence-corrected chi connectivity index (χ4v) is 5.43. The summed E-state index contributed by atoms with van der Waals surface area (Å²) in [5, 5.41) is 13.2. The van der Waals surface area contributed by atoms with Gasteiger partial charge in [0.2, 0.25) is 0 Å². The van der Waals surface area contributed by atoms with Crippen molar-refractivity contribution in [3.63, 3.8) is 0 Å². The highest BCUT2D eigenvalue weighted by Crippen LogP contribution is 2.33. The fourth-order valence-electron chi connectivity index (χ4n) is 3.59. The van der Waals surface area contributed by atoms with Crippen molar-refractivity contribution in [3.05, 3.63) is 89.1 Å². The van der Waals surface area contributed by atoms with E-state index in [0.29, 0.717) is 17.1 Å². The van der Waals surface area contributed by atoms with Crippen molar-refractivity contribution < 1.29 is 9.21 Å². The summed E-state index contributed by atoms with van der Waals surface area (Å²) in [6, 6.07) is 15.6. The number of carbonyl (C=O) groups is 1. The van der Waals surface area contributed by atoms with E-state index >= 15 is 0 Å². The number of amides is 1. The maximum atomic E-state index is 13.2. The first-order valence-corrected chi connectivity index (χ1v) is 12.2. The maximum Gasteiger partial charge on any atom is 0.287 e. The van der Waals surface area contributed by atoms with Crippen molar-refractivity contribution in [2.24, 2.45) is 0 Å². The van der Waals surface area contributed by atoms with E-state index in [0.717, 1.165) is 31.5 Å². The Balaban J connectivity index is 1.36. The second-order valence-electron chi connectivity index (χ2n) is 7.54. The molecule has 1 unspecified atom stereocenters. The summed E-state index contributed by atoms with van der Waals surface area (Å²) >= 11 is 3.10. The first kappa shape index (κ1) is 21.4. The molecule has 0 saturated carbocycles. The molecule has 3 aromatic heterocycles. The predicted octanol–water partition coefficient (Wildman–Crippen LogP) is 5.56.